The minimum absolute atomic E-state index is 0.0835. The number of imide groups is 1. The molecule has 3 atom stereocenters. The van der Waals surface area contributed by atoms with Gasteiger partial charge in [0.1, 0.15) is 23.9 Å². The molecule has 0 saturated heterocycles. The van der Waals surface area contributed by atoms with Crippen LogP contribution in [0.15, 0.2) is 72.5 Å². The number of carbonyl (C=O) groups is 4. The molecule has 0 unspecified atom stereocenters. The SMILES string of the molecule is CCCCCCCC(=O)N(C)[C@@H](CC(C)C)C(=O)N[C@@H](Cc1ccccc1)C(=O)N1C(=O)C=C(OC)[C@@H]1Cc1ccccc1. The predicted octanol–water partition coefficient (Wildman–Crippen LogP) is 5.46. The van der Waals surface area contributed by atoms with Gasteiger partial charge in [0.2, 0.25) is 11.8 Å². The molecule has 1 heterocycles. The predicted molar refractivity (Wildman–Crippen MR) is 172 cm³/mol. The standard InChI is InChI=1S/C36H49N3O5/c1-6-7-8-9-16-21-33(40)38(4)31(22-26(2)3)35(42)37-29(23-27-17-12-10-13-18-27)36(43)39-30(32(44-5)25-34(39)41)24-28-19-14-11-15-20-28/h10-15,17-20,25-26,29-31H,6-9,16,21-24H2,1-5H3,(H,37,42)/t29-,30-,31-/m0/s1. The Bertz CT molecular complexity index is 1260. The van der Waals surface area contributed by atoms with Crippen LogP contribution in [0.4, 0.5) is 0 Å². The summed E-state index contributed by atoms with van der Waals surface area (Å²) in [6.45, 7) is 6.16. The van der Waals surface area contributed by atoms with Gasteiger partial charge in [-0.15, -0.1) is 0 Å². The second kappa shape index (κ2) is 17.4. The van der Waals surface area contributed by atoms with Gasteiger partial charge in [0.05, 0.1) is 7.11 Å². The van der Waals surface area contributed by atoms with Crippen molar-refractivity contribution in [3.05, 3.63) is 83.6 Å². The van der Waals surface area contributed by atoms with Crippen LogP contribution in [0.5, 0.6) is 0 Å². The largest absolute Gasteiger partial charge is 0.499 e. The quantitative estimate of drug-likeness (QED) is 0.243. The van der Waals surface area contributed by atoms with Crippen LogP contribution in [-0.4, -0.2) is 65.7 Å². The summed E-state index contributed by atoms with van der Waals surface area (Å²) >= 11 is 0. The fourth-order valence-electron chi connectivity index (χ4n) is 5.66. The summed E-state index contributed by atoms with van der Waals surface area (Å²) in [7, 11) is 3.16. The number of nitrogens with zero attached hydrogens (tertiary/aromatic N) is 2. The van der Waals surface area contributed by atoms with E-state index in [2.05, 4.69) is 12.2 Å². The first kappa shape index (κ1) is 34.5. The van der Waals surface area contributed by atoms with Crippen molar-refractivity contribution in [1.82, 2.24) is 15.1 Å². The molecule has 3 rings (SSSR count). The number of ether oxygens (including phenoxy) is 1. The molecule has 1 N–H and O–H groups in total. The zero-order valence-corrected chi connectivity index (χ0v) is 27.0. The Morgan fingerprint density at radius 1 is 0.932 bits per heavy atom. The van der Waals surface area contributed by atoms with Crippen molar-refractivity contribution in [2.45, 2.75) is 96.7 Å². The van der Waals surface area contributed by atoms with Crippen LogP contribution in [-0.2, 0) is 36.8 Å². The van der Waals surface area contributed by atoms with Crippen molar-refractivity contribution in [3.8, 4) is 0 Å². The molecule has 1 aliphatic heterocycles. The summed E-state index contributed by atoms with van der Waals surface area (Å²) < 4.78 is 5.53. The third kappa shape index (κ3) is 9.79. The average Bonchev–Trinajstić information content (AvgIpc) is 3.33. The smallest absolute Gasteiger partial charge is 0.257 e. The Kier molecular flexibility index (Phi) is 13.6. The number of likely N-dealkylation sites (N-methyl/N-ethyl adjacent to an activating group) is 1. The van der Waals surface area contributed by atoms with Crippen molar-refractivity contribution in [2.75, 3.05) is 14.2 Å². The molecule has 0 saturated carbocycles. The summed E-state index contributed by atoms with van der Waals surface area (Å²) in [5.74, 6) is -0.934. The summed E-state index contributed by atoms with van der Waals surface area (Å²) in [4.78, 5) is 57.3. The molecule has 0 aromatic heterocycles. The number of rotatable bonds is 17. The molecular weight excluding hydrogens is 554 g/mol. The number of amides is 4. The van der Waals surface area contributed by atoms with Gasteiger partial charge in [-0.3, -0.25) is 24.1 Å². The van der Waals surface area contributed by atoms with Gasteiger partial charge in [0.25, 0.3) is 11.8 Å². The first-order chi connectivity index (χ1) is 21.2. The van der Waals surface area contributed by atoms with Crippen LogP contribution in [0.1, 0.15) is 76.8 Å². The van der Waals surface area contributed by atoms with Crippen molar-refractivity contribution in [3.63, 3.8) is 0 Å². The fourth-order valence-corrected chi connectivity index (χ4v) is 5.66. The van der Waals surface area contributed by atoms with E-state index in [1.807, 2.05) is 74.5 Å². The molecule has 1 aliphatic rings. The highest BCUT2D eigenvalue weighted by molar-refractivity contribution is 6.06. The van der Waals surface area contributed by atoms with Crippen LogP contribution < -0.4 is 5.32 Å². The normalized spacial score (nSPS) is 16.0. The zero-order chi connectivity index (χ0) is 32.1. The first-order valence-corrected chi connectivity index (χ1v) is 15.9. The lowest BCUT2D eigenvalue weighted by atomic mass is 9.99. The third-order valence-electron chi connectivity index (χ3n) is 8.14. The molecular formula is C36H49N3O5. The molecule has 0 fully saturated rings. The maximum absolute atomic E-state index is 14.3. The number of hydrogen-bond acceptors (Lipinski definition) is 5. The van der Waals surface area contributed by atoms with E-state index in [1.165, 1.54) is 23.0 Å². The van der Waals surface area contributed by atoms with Crippen molar-refractivity contribution in [2.24, 2.45) is 5.92 Å². The van der Waals surface area contributed by atoms with E-state index < -0.39 is 35.8 Å². The Hall–Kier alpha value is -3.94. The number of carbonyl (C=O) groups excluding carboxylic acids is 4. The van der Waals surface area contributed by atoms with Gasteiger partial charge in [0.15, 0.2) is 0 Å². The van der Waals surface area contributed by atoms with E-state index in [4.69, 9.17) is 4.74 Å². The van der Waals surface area contributed by atoms with Gasteiger partial charge < -0.3 is 15.0 Å². The maximum Gasteiger partial charge on any atom is 0.257 e. The van der Waals surface area contributed by atoms with E-state index in [0.717, 1.165) is 43.2 Å². The lowest BCUT2D eigenvalue weighted by molar-refractivity contribution is -0.147. The number of benzene rings is 2. The van der Waals surface area contributed by atoms with Crippen LogP contribution in [0, 0.1) is 5.92 Å². The minimum Gasteiger partial charge on any atom is -0.499 e. The zero-order valence-electron chi connectivity index (χ0n) is 27.0. The van der Waals surface area contributed by atoms with E-state index in [0.29, 0.717) is 25.0 Å². The topological polar surface area (TPSA) is 96.0 Å². The molecule has 44 heavy (non-hydrogen) atoms. The monoisotopic (exact) mass is 603 g/mol. The number of methoxy groups -OCH3 is 1. The second-order valence-electron chi connectivity index (χ2n) is 12.1. The van der Waals surface area contributed by atoms with Crippen molar-refractivity contribution in [1.29, 1.82) is 0 Å². The molecule has 4 amide bonds. The summed E-state index contributed by atoms with van der Waals surface area (Å²) in [6.07, 6.45) is 7.88. The molecule has 0 radical (unpaired) electrons. The first-order valence-electron chi connectivity index (χ1n) is 15.9. The lowest BCUT2D eigenvalue weighted by Crippen LogP contribution is -2.57. The van der Waals surface area contributed by atoms with Gasteiger partial charge in [-0.25, -0.2) is 0 Å². The van der Waals surface area contributed by atoms with Gasteiger partial charge in [-0.05, 0) is 29.9 Å². The highest BCUT2D eigenvalue weighted by atomic mass is 16.5. The lowest BCUT2D eigenvalue weighted by Gasteiger charge is -2.32. The maximum atomic E-state index is 14.3. The molecule has 238 valence electrons. The number of hydrogen-bond donors (Lipinski definition) is 1. The molecule has 8 heteroatoms. The number of nitrogens with one attached hydrogen (secondary N) is 1. The minimum atomic E-state index is -1.02. The molecule has 2 aromatic carbocycles. The third-order valence-corrected chi connectivity index (χ3v) is 8.14. The summed E-state index contributed by atoms with van der Waals surface area (Å²) in [5.41, 5.74) is 1.79. The Morgan fingerprint density at radius 3 is 2.14 bits per heavy atom. The Morgan fingerprint density at radius 2 is 1.55 bits per heavy atom. The fraction of sp³-hybridized carbons (Fsp3) is 0.500. The molecule has 8 nitrogen and oxygen atoms in total. The van der Waals surface area contributed by atoms with Crippen LogP contribution in [0.25, 0.3) is 0 Å². The summed E-state index contributed by atoms with van der Waals surface area (Å²) in [6, 6.07) is 16.6. The average molecular weight is 604 g/mol. The van der Waals surface area contributed by atoms with E-state index in [1.54, 1.807) is 7.05 Å². The van der Waals surface area contributed by atoms with Gasteiger partial charge in [-0.1, -0.05) is 107 Å². The van der Waals surface area contributed by atoms with Crippen molar-refractivity contribution < 1.29 is 23.9 Å². The van der Waals surface area contributed by atoms with Gasteiger partial charge in [-0.2, -0.15) is 0 Å². The highest BCUT2D eigenvalue weighted by Gasteiger charge is 2.42. The highest BCUT2D eigenvalue weighted by Crippen LogP contribution is 2.26. The van der Waals surface area contributed by atoms with E-state index in [-0.39, 0.29) is 18.2 Å². The van der Waals surface area contributed by atoms with Crippen LogP contribution >= 0.6 is 0 Å². The van der Waals surface area contributed by atoms with Crippen LogP contribution in [0.2, 0.25) is 0 Å². The number of unbranched alkanes of at least 4 members (excludes halogenated alkanes) is 4. The molecule has 0 spiro atoms. The van der Waals surface area contributed by atoms with Gasteiger partial charge in [0, 0.05) is 32.4 Å². The summed E-state index contributed by atoms with van der Waals surface area (Å²) in [5, 5.41) is 2.97. The molecule has 0 aliphatic carbocycles. The Labute approximate surface area is 262 Å². The molecule has 0 bridgehead atoms. The Balaban J connectivity index is 1.86. The van der Waals surface area contributed by atoms with Crippen molar-refractivity contribution >= 4 is 23.6 Å². The second-order valence-corrected chi connectivity index (χ2v) is 12.1. The van der Waals surface area contributed by atoms with E-state index in [9.17, 15) is 19.2 Å². The van der Waals surface area contributed by atoms with E-state index >= 15 is 0 Å². The van der Waals surface area contributed by atoms with Crippen LogP contribution in [0.3, 0.4) is 0 Å². The van der Waals surface area contributed by atoms with Gasteiger partial charge >= 0.3 is 0 Å². The molecule has 2 aromatic rings.